The lowest BCUT2D eigenvalue weighted by Gasteiger charge is -2.07. The number of ether oxygens (including phenoxy) is 1. The molecule has 0 aliphatic rings. The van der Waals surface area contributed by atoms with Crippen molar-refractivity contribution in [3.63, 3.8) is 0 Å². The van der Waals surface area contributed by atoms with Crippen molar-refractivity contribution in [2.24, 2.45) is 0 Å². The number of hydrogen-bond acceptors (Lipinski definition) is 2. The smallest absolute Gasteiger partial charge is 0.310 e. The molecule has 0 fully saturated rings. The van der Waals surface area contributed by atoms with Crippen LogP contribution in [0, 0.1) is 0 Å². The van der Waals surface area contributed by atoms with Crippen molar-refractivity contribution in [3.8, 4) is 0 Å². The molecule has 2 nitrogen and oxygen atoms in total. The summed E-state index contributed by atoms with van der Waals surface area (Å²) >= 11 is 6.80. The summed E-state index contributed by atoms with van der Waals surface area (Å²) in [6, 6.07) is 5.88. The highest BCUT2D eigenvalue weighted by atomic mass is 79.9. The maximum atomic E-state index is 11.3. The van der Waals surface area contributed by atoms with Gasteiger partial charge in [-0.25, -0.2) is 0 Å². The summed E-state index contributed by atoms with van der Waals surface area (Å²) < 4.78 is 5.93. The van der Waals surface area contributed by atoms with E-state index in [1.54, 1.807) is 0 Å². The third kappa shape index (κ3) is 3.95. The molecular weight excluding hydrogens is 324 g/mol. The van der Waals surface area contributed by atoms with Crippen LogP contribution in [0.2, 0.25) is 0 Å². The Hall–Kier alpha value is -0.350. The van der Waals surface area contributed by atoms with Crippen molar-refractivity contribution in [2.75, 3.05) is 6.61 Å². The molecule has 0 saturated heterocycles. The molecule has 82 valence electrons. The minimum atomic E-state index is -0.179. The van der Waals surface area contributed by atoms with Gasteiger partial charge < -0.3 is 4.74 Å². The predicted molar refractivity (Wildman–Crippen MR) is 67.1 cm³/mol. The molecule has 0 amide bonds. The van der Waals surface area contributed by atoms with E-state index in [4.69, 9.17) is 4.74 Å². The summed E-state index contributed by atoms with van der Waals surface area (Å²) in [7, 11) is 0. The first kappa shape index (κ1) is 12.7. The zero-order valence-corrected chi connectivity index (χ0v) is 11.6. The SMILES string of the molecule is CCOC(=O)Cc1ccc(Br)cc1CBr. The number of esters is 1. The van der Waals surface area contributed by atoms with Crippen molar-refractivity contribution >= 4 is 37.8 Å². The van der Waals surface area contributed by atoms with Gasteiger partial charge in [-0.3, -0.25) is 4.79 Å². The van der Waals surface area contributed by atoms with E-state index in [0.29, 0.717) is 13.0 Å². The Bertz CT molecular complexity index is 350. The van der Waals surface area contributed by atoms with Crippen LogP contribution in [0.15, 0.2) is 22.7 Å². The van der Waals surface area contributed by atoms with Crippen molar-refractivity contribution in [1.29, 1.82) is 0 Å². The van der Waals surface area contributed by atoms with Crippen molar-refractivity contribution in [1.82, 2.24) is 0 Å². The van der Waals surface area contributed by atoms with Crippen molar-refractivity contribution in [2.45, 2.75) is 18.7 Å². The first-order chi connectivity index (χ1) is 7.17. The van der Waals surface area contributed by atoms with E-state index in [1.165, 1.54) is 0 Å². The molecule has 0 bridgehead atoms. The summed E-state index contributed by atoms with van der Waals surface area (Å²) in [6.45, 7) is 2.24. The van der Waals surface area contributed by atoms with Gasteiger partial charge in [0.25, 0.3) is 0 Å². The topological polar surface area (TPSA) is 26.3 Å². The molecule has 0 spiro atoms. The summed E-state index contributed by atoms with van der Waals surface area (Å²) in [5.74, 6) is -0.179. The molecule has 0 heterocycles. The number of benzene rings is 1. The van der Waals surface area contributed by atoms with Gasteiger partial charge in [0.1, 0.15) is 0 Å². The van der Waals surface area contributed by atoms with E-state index in [1.807, 2.05) is 25.1 Å². The predicted octanol–water partition coefficient (Wildman–Crippen LogP) is 3.45. The van der Waals surface area contributed by atoms with Gasteiger partial charge in [0.2, 0.25) is 0 Å². The summed E-state index contributed by atoms with van der Waals surface area (Å²) in [6.07, 6.45) is 0.335. The fourth-order valence-electron chi connectivity index (χ4n) is 1.26. The molecule has 0 unspecified atom stereocenters. The lowest BCUT2D eigenvalue weighted by Crippen LogP contribution is -2.08. The van der Waals surface area contributed by atoms with Gasteiger partial charge in [0.05, 0.1) is 13.0 Å². The summed E-state index contributed by atoms with van der Waals surface area (Å²) in [4.78, 5) is 11.3. The van der Waals surface area contributed by atoms with Crippen LogP contribution < -0.4 is 0 Å². The van der Waals surface area contributed by atoms with Gasteiger partial charge in [-0.1, -0.05) is 37.9 Å². The number of halogens is 2. The van der Waals surface area contributed by atoms with Crippen LogP contribution in [0.1, 0.15) is 18.1 Å². The van der Waals surface area contributed by atoms with Crippen LogP contribution in [-0.2, 0) is 21.3 Å². The van der Waals surface area contributed by atoms with Crippen LogP contribution in [-0.4, -0.2) is 12.6 Å². The fraction of sp³-hybridized carbons (Fsp3) is 0.364. The third-order valence-corrected chi connectivity index (χ3v) is 3.05. The average Bonchev–Trinajstić information content (AvgIpc) is 2.21. The Morgan fingerprint density at radius 2 is 2.13 bits per heavy atom. The van der Waals surface area contributed by atoms with Crippen LogP contribution >= 0.6 is 31.9 Å². The monoisotopic (exact) mass is 334 g/mol. The molecule has 0 N–H and O–H groups in total. The number of carbonyl (C=O) groups excluding carboxylic acids is 1. The minimum absolute atomic E-state index is 0.179. The first-order valence-electron chi connectivity index (χ1n) is 4.66. The number of alkyl halides is 1. The number of hydrogen-bond donors (Lipinski definition) is 0. The van der Waals surface area contributed by atoms with Crippen molar-refractivity contribution in [3.05, 3.63) is 33.8 Å². The summed E-state index contributed by atoms with van der Waals surface area (Å²) in [5, 5.41) is 0.737. The largest absolute Gasteiger partial charge is 0.466 e. The molecule has 0 aromatic heterocycles. The quantitative estimate of drug-likeness (QED) is 0.622. The normalized spacial score (nSPS) is 10.1. The van der Waals surface area contributed by atoms with E-state index < -0.39 is 0 Å². The van der Waals surface area contributed by atoms with E-state index in [0.717, 1.165) is 20.9 Å². The molecule has 0 aliphatic carbocycles. The lowest BCUT2D eigenvalue weighted by molar-refractivity contribution is -0.142. The van der Waals surface area contributed by atoms with E-state index in [9.17, 15) is 4.79 Å². The standard InChI is InChI=1S/C11H12Br2O2/c1-2-15-11(14)6-8-3-4-10(13)5-9(8)7-12/h3-5H,2,6-7H2,1H3. The maximum Gasteiger partial charge on any atom is 0.310 e. The maximum absolute atomic E-state index is 11.3. The van der Waals surface area contributed by atoms with Crippen LogP contribution in [0.4, 0.5) is 0 Å². The molecule has 15 heavy (non-hydrogen) atoms. The Labute approximate surface area is 106 Å². The van der Waals surface area contributed by atoms with Gasteiger partial charge in [-0.2, -0.15) is 0 Å². The zero-order chi connectivity index (χ0) is 11.3. The molecule has 1 aromatic rings. The van der Waals surface area contributed by atoms with Crippen molar-refractivity contribution < 1.29 is 9.53 Å². The molecule has 0 radical (unpaired) electrons. The van der Waals surface area contributed by atoms with E-state index in [2.05, 4.69) is 31.9 Å². The fourth-order valence-corrected chi connectivity index (χ4v) is 2.19. The molecule has 0 atom stereocenters. The van der Waals surface area contributed by atoms with Gasteiger partial charge >= 0.3 is 5.97 Å². The minimum Gasteiger partial charge on any atom is -0.466 e. The van der Waals surface area contributed by atoms with E-state index >= 15 is 0 Å². The second kappa shape index (κ2) is 6.28. The second-order valence-corrected chi connectivity index (χ2v) is 4.50. The number of carbonyl (C=O) groups is 1. The Kier molecular flexibility index (Phi) is 5.32. The van der Waals surface area contributed by atoms with Gasteiger partial charge in [0.15, 0.2) is 0 Å². The highest BCUT2D eigenvalue weighted by Gasteiger charge is 2.08. The highest BCUT2D eigenvalue weighted by Crippen LogP contribution is 2.19. The highest BCUT2D eigenvalue weighted by molar-refractivity contribution is 9.10. The lowest BCUT2D eigenvalue weighted by atomic mass is 10.1. The Morgan fingerprint density at radius 1 is 1.40 bits per heavy atom. The average molecular weight is 336 g/mol. The summed E-state index contributed by atoms with van der Waals surface area (Å²) in [5.41, 5.74) is 2.12. The van der Waals surface area contributed by atoms with Gasteiger partial charge in [-0.15, -0.1) is 0 Å². The van der Waals surface area contributed by atoms with Gasteiger partial charge in [-0.05, 0) is 30.2 Å². The molecule has 0 aliphatic heterocycles. The van der Waals surface area contributed by atoms with Crippen LogP contribution in [0.25, 0.3) is 0 Å². The van der Waals surface area contributed by atoms with Crippen LogP contribution in [0.5, 0.6) is 0 Å². The zero-order valence-electron chi connectivity index (χ0n) is 8.43. The van der Waals surface area contributed by atoms with Gasteiger partial charge in [0, 0.05) is 9.80 Å². The second-order valence-electron chi connectivity index (χ2n) is 3.03. The molecule has 1 aromatic carbocycles. The molecule has 4 heteroatoms. The molecule has 0 saturated carbocycles. The molecule has 1 rings (SSSR count). The first-order valence-corrected chi connectivity index (χ1v) is 6.57. The van der Waals surface area contributed by atoms with Crippen LogP contribution in [0.3, 0.4) is 0 Å². The Balaban J connectivity index is 2.80. The Morgan fingerprint density at radius 3 is 2.73 bits per heavy atom. The third-order valence-electron chi connectivity index (χ3n) is 1.95. The molecular formula is C11H12Br2O2. The van der Waals surface area contributed by atoms with E-state index in [-0.39, 0.29) is 5.97 Å². The number of rotatable bonds is 4.